The van der Waals surface area contributed by atoms with Crippen LogP contribution < -0.4 is 20.5 Å². The Hall–Kier alpha value is -2.48. The van der Waals surface area contributed by atoms with Gasteiger partial charge in [-0.3, -0.25) is 4.79 Å². The molecule has 1 amide bonds. The van der Waals surface area contributed by atoms with Gasteiger partial charge in [-0.15, -0.1) is 0 Å². The van der Waals surface area contributed by atoms with Gasteiger partial charge in [-0.2, -0.15) is 4.98 Å². The van der Waals surface area contributed by atoms with Crippen LogP contribution >= 0.6 is 11.8 Å². The largest absolute Gasteiger partial charge is 0.454 e. The number of nitrogens with one attached hydrogen (secondary N) is 2. The number of aryl methyl sites for hydroxylation is 1. The predicted molar refractivity (Wildman–Crippen MR) is 92.0 cm³/mol. The molecule has 8 heteroatoms. The van der Waals surface area contributed by atoms with Crippen LogP contribution in [0.25, 0.3) is 0 Å². The fourth-order valence-electron chi connectivity index (χ4n) is 2.99. The number of carbonyl (C=O) groups is 1. The summed E-state index contributed by atoms with van der Waals surface area (Å²) in [5, 5.41) is 3.55. The number of amides is 1. The maximum atomic E-state index is 12.1. The van der Waals surface area contributed by atoms with Crippen LogP contribution in [0.2, 0.25) is 0 Å². The number of carbonyl (C=O) groups excluding carboxylic acids is 1. The fraction of sp³-hybridized carbons (Fsp3) is 0.353. The first-order chi connectivity index (χ1) is 12.2. The zero-order valence-electron chi connectivity index (χ0n) is 13.5. The van der Waals surface area contributed by atoms with Gasteiger partial charge in [0.05, 0.1) is 5.75 Å². The normalized spacial score (nSPS) is 14.4. The van der Waals surface area contributed by atoms with Gasteiger partial charge in [-0.1, -0.05) is 17.8 Å². The van der Waals surface area contributed by atoms with E-state index in [0.29, 0.717) is 17.3 Å². The van der Waals surface area contributed by atoms with Gasteiger partial charge in [0.1, 0.15) is 5.03 Å². The van der Waals surface area contributed by atoms with E-state index in [2.05, 4.69) is 15.3 Å². The zero-order valence-corrected chi connectivity index (χ0v) is 14.3. The Bertz CT molecular complexity index is 881. The Labute approximate surface area is 148 Å². The Morgan fingerprint density at radius 3 is 3.08 bits per heavy atom. The van der Waals surface area contributed by atoms with Crippen molar-refractivity contribution < 1.29 is 14.3 Å². The summed E-state index contributed by atoms with van der Waals surface area (Å²) < 4.78 is 10.6. The van der Waals surface area contributed by atoms with Crippen LogP contribution in [-0.4, -0.2) is 28.4 Å². The van der Waals surface area contributed by atoms with Crippen molar-refractivity contribution in [2.45, 2.75) is 30.8 Å². The van der Waals surface area contributed by atoms with Crippen molar-refractivity contribution in [3.8, 4) is 11.5 Å². The number of thioether (sulfide) groups is 1. The SMILES string of the molecule is O=C(CSc1nc(=O)[nH]c2c1CCC2)NCc1ccc2c(c1)OCO2. The lowest BCUT2D eigenvalue weighted by Crippen LogP contribution is -2.25. The summed E-state index contributed by atoms with van der Waals surface area (Å²) >= 11 is 1.32. The molecule has 1 aliphatic carbocycles. The molecule has 0 saturated heterocycles. The summed E-state index contributed by atoms with van der Waals surface area (Å²) in [4.78, 5) is 30.5. The van der Waals surface area contributed by atoms with Crippen molar-refractivity contribution in [3.05, 3.63) is 45.5 Å². The molecule has 2 heterocycles. The van der Waals surface area contributed by atoms with Gasteiger partial charge in [0.25, 0.3) is 0 Å². The highest BCUT2D eigenvalue weighted by Crippen LogP contribution is 2.32. The molecule has 0 unspecified atom stereocenters. The molecule has 130 valence electrons. The van der Waals surface area contributed by atoms with E-state index in [0.717, 1.165) is 41.8 Å². The first-order valence-corrected chi connectivity index (χ1v) is 9.08. The van der Waals surface area contributed by atoms with E-state index >= 15 is 0 Å². The molecule has 1 aliphatic heterocycles. The molecule has 0 atom stereocenters. The van der Waals surface area contributed by atoms with E-state index in [4.69, 9.17) is 9.47 Å². The van der Waals surface area contributed by atoms with Gasteiger partial charge >= 0.3 is 5.69 Å². The average molecular weight is 359 g/mol. The molecule has 0 fully saturated rings. The summed E-state index contributed by atoms with van der Waals surface area (Å²) in [6, 6.07) is 5.59. The van der Waals surface area contributed by atoms with Gasteiger partial charge in [-0.05, 0) is 37.0 Å². The third kappa shape index (κ3) is 3.48. The van der Waals surface area contributed by atoms with Gasteiger partial charge in [0.15, 0.2) is 11.5 Å². The maximum absolute atomic E-state index is 12.1. The quantitative estimate of drug-likeness (QED) is 0.619. The van der Waals surface area contributed by atoms with Crippen molar-refractivity contribution in [2.24, 2.45) is 0 Å². The molecule has 1 aromatic heterocycles. The van der Waals surface area contributed by atoms with Crippen molar-refractivity contribution in [3.63, 3.8) is 0 Å². The molecular weight excluding hydrogens is 342 g/mol. The molecule has 0 spiro atoms. The van der Waals surface area contributed by atoms with E-state index in [1.807, 2.05) is 18.2 Å². The molecule has 0 saturated carbocycles. The van der Waals surface area contributed by atoms with E-state index < -0.39 is 0 Å². The lowest BCUT2D eigenvalue weighted by Gasteiger charge is -2.08. The fourth-order valence-corrected chi connectivity index (χ4v) is 3.91. The molecule has 0 bridgehead atoms. The summed E-state index contributed by atoms with van der Waals surface area (Å²) in [7, 11) is 0. The van der Waals surface area contributed by atoms with Gasteiger partial charge in [0.2, 0.25) is 12.7 Å². The number of fused-ring (bicyclic) bond motifs is 2. The van der Waals surface area contributed by atoms with E-state index in [-0.39, 0.29) is 24.1 Å². The predicted octanol–water partition coefficient (Wildman–Crippen LogP) is 1.40. The summed E-state index contributed by atoms with van der Waals surface area (Å²) in [5.74, 6) is 1.55. The molecule has 2 N–H and O–H groups in total. The van der Waals surface area contributed by atoms with Crippen LogP contribution in [0.5, 0.6) is 11.5 Å². The van der Waals surface area contributed by atoms with Crippen LogP contribution in [0, 0.1) is 0 Å². The van der Waals surface area contributed by atoms with Crippen LogP contribution in [0.1, 0.15) is 23.2 Å². The van der Waals surface area contributed by atoms with Gasteiger partial charge in [0, 0.05) is 17.8 Å². The molecule has 2 aromatic rings. The number of aromatic nitrogens is 2. The Kier molecular flexibility index (Phi) is 4.35. The number of hydrogen-bond acceptors (Lipinski definition) is 6. The van der Waals surface area contributed by atoms with Crippen LogP contribution in [0.3, 0.4) is 0 Å². The standard InChI is InChI=1S/C17H17N3O4S/c21-15(18-7-10-4-5-13-14(6-10)24-9-23-13)8-25-16-11-2-1-3-12(11)19-17(22)20-16/h4-6H,1-3,7-9H2,(H,18,21)(H,19,20,22). The second kappa shape index (κ2) is 6.79. The van der Waals surface area contributed by atoms with Gasteiger partial charge < -0.3 is 19.8 Å². The number of aromatic amines is 1. The van der Waals surface area contributed by atoms with Crippen molar-refractivity contribution in [2.75, 3.05) is 12.5 Å². The molecule has 4 rings (SSSR count). The number of H-pyrrole nitrogens is 1. The van der Waals surface area contributed by atoms with Gasteiger partial charge in [-0.25, -0.2) is 4.79 Å². The third-order valence-corrected chi connectivity index (χ3v) is 5.22. The van der Waals surface area contributed by atoms with Crippen LogP contribution in [0.15, 0.2) is 28.0 Å². The first-order valence-electron chi connectivity index (χ1n) is 8.09. The van der Waals surface area contributed by atoms with E-state index in [1.165, 1.54) is 11.8 Å². The van der Waals surface area contributed by atoms with Crippen molar-refractivity contribution >= 4 is 17.7 Å². The number of benzene rings is 1. The highest BCUT2D eigenvalue weighted by molar-refractivity contribution is 7.99. The molecule has 7 nitrogen and oxygen atoms in total. The van der Waals surface area contributed by atoms with E-state index in [9.17, 15) is 9.59 Å². The smallest absolute Gasteiger partial charge is 0.346 e. The average Bonchev–Trinajstić information content (AvgIpc) is 3.25. The second-order valence-corrected chi connectivity index (χ2v) is 6.87. The Balaban J connectivity index is 1.33. The molecule has 25 heavy (non-hydrogen) atoms. The minimum Gasteiger partial charge on any atom is -0.454 e. The van der Waals surface area contributed by atoms with Crippen LogP contribution in [0.4, 0.5) is 0 Å². The summed E-state index contributed by atoms with van der Waals surface area (Å²) in [6.07, 6.45) is 2.79. The third-order valence-electron chi connectivity index (χ3n) is 4.20. The lowest BCUT2D eigenvalue weighted by molar-refractivity contribution is -0.118. The summed E-state index contributed by atoms with van der Waals surface area (Å²) in [5.41, 5.74) is 2.64. The van der Waals surface area contributed by atoms with E-state index in [1.54, 1.807) is 0 Å². The minimum absolute atomic E-state index is 0.100. The number of hydrogen-bond donors (Lipinski definition) is 2. The van der Waals surface area contributed by atoms with Crippen molar-refractivity contribution in [1.82, 2.24) is 15.3 Å². The monoisotopic (exact) mass is 359 g/mol. The lowest BCUT2D eigenvalue weighted by atomic mass is 10.2. The Morgan fingerprint density at radius 2 is 2.16 bits per heavy atom. The highest BCUT2D eigenvalue weighted by atomic mass is 32.2. The number of rotatable bonds is 5. The zero-order chi connectivity index (χ0) is 17.2. The van der Waals surface area contributed by atoms with Crippen LogP contribution in [-0.2, 0) is 24.2 Å². The minimum atomic E-state index is -0.344. The summed E-state index contributed by atoms with van der Waals surface area (Å²) in [6.45, 7) is 0.645. The number of nitrogens with zero attached hydrogens (tertiary/aromatic N) is 1. The molecule has 1 aromatic carbocycles. The topological polar surface area (TPSA) is 93.3 Å². The first kappa shape index (κ1) is 16.0. The molecule has 2 aliphatic rings. The Morgan fingerprint density at radius 1 is 1.28 bits per heavy atom. The van der Waals surface area contributed by atoms with Crippen molar-refractivity contribution in [1.29, 1.82) is 0 Å². The second-order valence-electron chi connectivity index (χ2n) is 5.91. The molecular formula is C17H17N3O4S. The number of ether oxygens (including phenoxy) is 2. The molecule has 0 radical (unpaired) electrons. The maximum Gasteiger partial charge on any atom is 0.346 e. The highest BCUT2D eigenvalue weighted by Gasteiger charge is 2.19.